The van der Waals surface area contributed by atoms with Crippen molar-refractivity contribution < 1.29 is 9.59 Å². The van der Waals surface area contributed by atoms with Gasteiger partial charge in [-0.3, -0.25) is 9.69 Å². The lowest BCUT2D eigenvalue weighted by molar-refractivity contribution is -0.132. The Bertz CT molecular complexity index is 953. The average molecular weight is 398 g/mol. The molecule has 3 aromatic rings. The molecule has 1 aliphatic rings. The molecular formula is C20H19N3O2S2. The van der Waals surface area contributed by atoms with Crippen LogP contribution in [-0.2, 0) is 16.9 Å². The van der Waals surface area contributed by atoms with Gasteiger partial charge in [0, 0.05) is 16.3 Å². The van der Waals surface area contributed by atoms with Crippen LogP contribution in [0.4, 0.5) is 4.79 Å². The normalized spacial score (nSPS) is 19.5. The predicted octanol–water partition coefficient (Wildman–Crippen LogP) is 4.62. The molecular weight excluding hydrogens is 378 g/mol. The highest BCUT2D eigenvalue weighted by Crippen LogP contribution is 2.35. The molecule has 1 aliphatic heterocycles. The Morgan fingerprint density at radius 2 is 1.96 bits per heavy atom. The summed E-state index contributed by atoms with van der Waals surface area (Å²) in [5.74, 6) is -0.203. The van der Waals surface area contributed by atoms with Gasteiger partial charge in [-0.2, -0.15) is 11.3 Å². The van der Waals surface area contributed by atoms with Crippen LogP contribution in [0.25, 0.3) is 10.6 Å². The van der Waals surface area contributed by atoms with Crippen molar-refractivity contribution in [2.45, 2.75) is 31.8 Å². The lowest BCUT2D eigenvalue weighted by atomic mass is 9.85. The second-order valence-corrected chi connectivity index (χ2v) is 8.14. The van der Waals surface area contributed by atoms with Crippen molar-refractivity contribution in [1.82, 2.24) is 15.2 Å². The number of amides is 3. The number of hydrogen-bond donors (Lipinski definition) is 1. The van der Waals surface area contributed by atoms with Crippen molar-refractivity contribution in [3.63, 3.8) is 0 Å². The van der Waals surface area contributed by atoms with Gasteiger partial charge in [-0.15, -0.1) is 11.3 Å². The van der Waals surface area contributed by atoms with E-state index in [-0.39, 0.29) is 18.5 Å². The topological polar surface area (TPSA) is 62.3 Å². The monoisotopic (exact) mass is 397 g/mol. The minimum atomic E-state index is -0.987. The minimum absolute atomic E-state index is 0.184. The van der Waals surface area contributed by atoms with Crippen LogP contribution in [0.3, 0.4) is 0 Å². The Labute approximate surface area is 165 Å². The van der Waals surface area contributed by atoms with E-state index in [0.29, 0.717) is 6.42 Å². The summed E-state index contributed by atoms with van der Waals surface area (Å²) < 4.78 is 0. The Hall–Kier alpha value is -2.51. The largest absolute Gasteiger partial charge is 0.325 e. The summed E-state index contributed by atoms with van der Waals surface area (Å²) in [4.78, 5) is 31.8. The van der Waals surface area contributed by atoms with Crippen LogP contribution in [0, 0.1) is 0 Å². The molecule has 3 heterocycles. The molecule has 7 heteroatoms. The van der Waals surface area contributed by atoms with Gasteiger partial charge >= 0.3 is 6.03 Å². The van der Waals surface area contributed by atoms with E-state index in [1.807, 2.05) is 59.5 Å². The number of urea groups is 1. The molecule has 3 amide bonds. The first kappa shape index (κ1) is 17.9. The van der Waals surface area contributed by atoms with E-state index in [1.54, 1.807) is 11.3 Å². The number of imide groups is 1. The van der Waals surface area contributed by atoms with Crippen molar-refractivity contribution in [2.24, 2.45) is 0 Å². The highest BCUT2D eigenvalue weighted by atomic mass is 32.1. The van der Waals surface area contributed by atoms with Gasteiger partial charge in [-0.25, -0.2) is 9.78 Å². The first-order valence-electron chi connectivity index (χ1n) is 8.80. The van der Waals surface area contributed by atoms with Gasteiger partial charge < -0.3 is 5.32 Å². The standard InChI is InChI=1S/C20H19N3O2S2/c1-2-9-20(15-6-4-3-5-7-15)18(24)23(19(25)22-20)11-16-13-27-17(21-16)14-8-10-26-12-14/h3-8,10,12-13H,2,9,11H2,1H3,(H,22,25)/t20-/m1/s1. The summed E-state index contributed by atoms with van der Waals surface area (Å²) in [6.45, 7) is 2.20. The number of aromatic nitrogens is 1. The van der Waals surface area contributed by atoms with Gasteiger partial charge in [0.1, 0.15) is 10.5 Å². The summed E-state index contributed by atoms with van der Waals surface area (Å²) in [7, 11) is 0. The van der Waals surface area contributed by atoms with Crippen LogP contribution in [0.2, 0.25) is 0 Å². The highest BCUT2D eigenvalue weighted by Gasteiger charge is 2.51. The number of thiophene rings is 1. The van der Waals surface area contributed by atoms with Crippen LogP contribution in [0.5, 0.6) is 0 Å². The second-order valence-electron chi connectivity index (χ2n) is 6.50. The summed E-state index contributed by atoms with van der Waals surface area (Å²) in [6, 6.07) is 11.1. The number of rotatable bonds is 6. The first-order valence-corrected chi connectivity index (χ1v) is 10.6. The van der Waals surface area contributed by atoms with Crippen LogP contribution >= 0.6 is 22.7 Å². The SMILES string of the molecule is CCC[C@]1(c2ccccc2)NC(=O)N(Cc2csc(-c3ccsc3)n2)C1=O. The maximum atomic E-state index is 13.3. The number of hydrogen-bond acceptors (Lipinski definition) is 5. The molecule has 0 spiro atoms. The molecule has 0 saturated carbocycles. The minimum Gasteiger partial charge on any atom is -0.319 e. The van der Waals surface area contributed by atoms with E-state index < -0.39 is 5.54 Å². The lowest BCUT2D eigenvalue weighted by Crippen LogP contribution is -2.43. The number of nitrogens with zero attached hydrogens (tertiary/aromatic N) is 2. The fourth-order valence-electron chi connectivity index (χ4n) is 3.44. The zero-order chi connectivity index (χ0) is 18.9. The van der Waals surface area contributed by atoms with Gasteiger partial charge in [-0.05, 0) is 23.4 Å². The second kappa shape index (κ2) is 7.25. The molecule has 4 rings (SSSR count). The van der Waals surface area contributed by atoms with Crippen molar-refractivity contribution >= 4 is 34.6 Å². The molecule has 1 fully saturated rings. The number of thiazole rings is 1. The van der Waals surface area contributed by atoms with Crippen LogP contribution < -0.4 is 5.32 Å². The molecule has 0 aliphatic carbocycles. The van der Waals surface area contributed by atoms with E-state index in [2.05, 4.69) is 10.3 Å². The fraction of sp³-hybridized carbons (Fsp3) is 0.250. The van der Waals surface area contributed by atoms with Crippen LogP contribution in [-0.4, -0.2) is 21.8 Å². The maximum Gasteiger partial charge on any atom is 0.325 e. The van der Waals surface area contributed by atoms with E-state index >= 15 is 0 Å². The van der Waals surface area contributed by atoms with E-state index in [4.69, 9.17) is 0 Å². The summed E-state index contributed by atoms with van der Waals surface area (Å²) in [6.07, 6.45) is 1.35. The Morgan fingerprint density at radius 1 is 1.15 bits per heavy atom. The van der Waals surface area contributed by atoms with Crippen LogP contribution in [0.1, 0.15) is 31.0 Å². The quantitative estimate of drug-likeness (QED) is 0.618. The molecule has 138 valence electrons. The Balaban J connectivity index is 1.61. The van der Waals surface area contributed by atoms with E-state index in [1.165, 1.54) is 16.2 Å². The Kier molecular flexibility index (Phi) is 4.80. The molecule has 1 N–H and O–H groups in total. The first-order chi connectivity index (χ1) is 13.1. The van der Waals surface area contributed by atoms with Crippen molar-refractivity contribution in [3.05, 3.63) is 63.8 Å². The number of carbonyl (C=O) groups excluding carboxylic acids is 2. The molecule has 5 nitrogen and oxygen atoms in total. The smallest absolute Gasteiger partial charge is 0.319 e. The number of nitrogens with one attached hydrogen (secondary N) is 1. The third kappa shape index (κ3) is 3.17. The van der Waals surface area contributed by atoms with E-state index in [9.17, 15) is 9.59 Å². The molecule has 2 aromatic heterocycles. The van der Waals surface area contributed by atoms with Crippen molar-refractivity contribution in [2.75, 3.05) is 0 Å². The molecule has 1 aromatic carbocycles. The number of benzene rings is 1. The third-order valence-electron chi connectivity index (χ3n) is 4.71. The Morgan fingerprint density at radius 3 is 2.67 bits per heavy atom. The molecule has 1 atom stereocenters. The predicted molar refractivity (Wildman–Crippen MR) is 108 cm³/mol. The molecule has 0 unspecified atom stereocenters. The third-order valence-corrected chi connectivity index (χ3v) is 6.33. The van der Waals surface area contributed by atoms with Gasteiger partial charge in [-0.1, -0.05) is 43.7 Å². The molecule has 0 bridgehead atoms. The molecule has 0 radical (unpaired) electrons. The van der Waals surface area contributed by atoms with Crippen molar-refractivity contribution in [1.29, 1.82) is 0 Å². The van der Waals surface area contributed by atoms with Gasteiger partial charge in [0.25, 0.3) is 5.91 Å². The average Bonchev–Trinajstić information content (AvgIpc) is 3.41. The molecule has 27 heavy (non-hydrogen) atoms. The zero-order valence-corrected chi connectivity index (χ0v) is 16.5. The van der Waals surface area contributed by atoms with Gasteiger partial charge in [0.2, 0.25) is 0 Å². The van der Waals surface area contributed by atoms with E-state index in [0.717, 1.165) is 28.2 Å². The summed E-state index contributed by atoms with van der Waals surface area (Å²) >= 11 is 3.14. The summed E-state index contributed by atoms with van der Waals surface area (Å²) in [5.41, 5.74) is 1.63. The van der Waals surface area contributed by atoms with Gasteiger partial charge in [0.05, 0.1) is 12.2 Å². The zero-order valence-electron chi connectivity index (χ0n) is 14.8. The van der Waals surface area contributed by atoms with Gasteiger partial charge in [0.15, 0.2) is 0 Å². The highest BCUT2D eigenvalue weighted by molar-refractivity contribution is 7.14. The van der Waals surface area contributed by atoms with Crippen LogP contribution in [0.15, 0.2) is 52.5 Å². The lowest BCUT2D eigenvalue weighted by Gasteiger charge is -2.26. The van der Waals surface area contributed by atoms with Crippen molar-refractivity contribution in [3.8, 4) is 10.6 Å². The summed E-state index contributed by atoms with van der Waals surface area (Å²) in [5, 5.41) is 9.82. The molecule has 1 saturated heterocycles. The fourth-order valence-corrected chi connectivity index (χ4v) is 4.96. The maximum absolute atomic E-state index is 13.3. The number of carbonyl (C=O) groups is 2.